The molecule has 1 amide bonds. The summed E-state index contributed by atoms with van der Waals surface area (Å²) in [5, 5.41) is 3.53. The molecule has 2 fully saturated rings. The molecule has 2 heterocycles. The number of carbonyl (C=O) groups is 1. The summed E-state index contributed by atoms with van der Waals surface area (Å²) in [5.41, 5.74) is 0. The number of aryl methyl sites for hydroxylation is 1. The summed E-state index contributed by atoms with van der Waals surface area (Å²) in [7, 11) is 0. The van der Waals surface area contributed by atoms with Crippen LogP contribution in [0.3, 0.4) is 0 Å². The van der Waals surface area contributed by atoms with Crippen molar-refractivity contribution in [3.63, 3.8) is 0 Å². The lowest BCUT2D eigenvalue weighted by molar-refractivity contribution is -0.132. The van der Waals surface area contributed by atoms with E-state index >= 15 is 0 Å². The van der Waals surface area contributed by atoms with E-state index in [2.05, 4.69) is 43.1 Å². The molecule has 1 aromatic heterocycles. The largest absolute Gasteiger partial charge is 0.318 e. The number of amides is 1. The van der Waals surface area contributed by atoms with Crippen molar-refractivity contribution in [2.45, 2.75) is 64.7 Å². The van der Waals surface area contributed by atoms with Crippen molar-refractivity contribution in [3.8, 4) is 0 Å². The van der Waals surface area contributed by atoms with Crippen LogP contribution in [0.2, 0.25) is 0 Å². The number of nitrogens with zero attached hydrogens (tertiary/aromatic N) is 1. The molecule has 1 saturated carbocycles. The van der Waals surface area contributed by atoms with E-state index in [0.717, 1.165) is 18.8 Å². The third-order valence-electron chi connectivity index (χ3n) is 4.47. The summed E-state index contributed by atoms with van der Waals surface area (Å²) in [5.74, 6) is 1.14. The highest BCUT2D eigenvalue weighted by Gasteiger charge is 2.42. The van der Waals surface area contributed by atoms with Gasteiger partial charge in [-0.1, -0.05) is 19.8 Å². The van der Waals surface area contributed by atoms with E-state index in [9.17, 15) is 4.79 Å². The molecule has 1 aliphatic heterocycles. The van der Waals surface area contributed by atoms with Crippen molar-refractivity contribution in [3.05, 3.63) is 21.9 Å². The van der Waals surface area contributed by atoms with E-state index in [0.29, 0.717) is 6.04 Å². The summed E-state index contributed by atoms with van der Waals surface area (Å²) in [6, 6.07) is 4.64. The van der Waals surface area contributed by atoms with Gasteiger partial charge in [-0.25, -0.2) is 0 Å². The van der Waals surface area contributed by atoms with Crippen LogP contribution in [-0.4, -0.2) is 22.9 Å². The molecule has 1 N–H and O–H groups in total. The fraction of sp³-hybridized carbons (Fsp3) is 0.688. The first kappa shape index (κ1) is 14.1. The lowest BCUT2D eigenvalue weighted by Crippen LogP contribution is -2.38. The quantitative estimate of drug-likeness (QED) is 0.901. The summed E-state index contributed by atoms with van der Waals surface area (Å²) >= 11 is 1.80. The second kappa shape index (κ2) is 5.49. The van der Waals surface area contributed by atoms with E-state index in [1.54, 1.807) is 11.3 Å². The summed E-state index contributed by atoms with van der Waals surface area (Å²) in [6.45, 7) is 6.42. The Balaban J connectivity index is 1.82. The molecular weight excluding hydrogens is 268 g/mol. The molecule has 1 saturated heterocycles. The smallest absolute Gasteiger partial charge is 0.241 e. The van der Waals surface area contributed by atoms with Gasteiger partial charge >= 0.3 is 0 Å². The first-order valence-electron chi connectivity index (χ1n) is 7.74. The minimum Gasteiger partial charge on any atom is -0.318 e. The zero-order valence-electron chi connectivity index (χ0n) is 12.6. The molecule has 20 heavy (non-hydrogen) atoms. The second-order valence-electron chi connectivity index (χ2n) is 6.25. The minimum atomic E-state index is -0.0101. The highest BCUT2D eigenvalue weighted by Crippen LogP contribution is 2.38. The van der Waals surface area contributed by atoms with Gasteiger partial charge < -0.3 is 4.90 Å². The first-order valence-corrected chi connectivity index (χ1v) is 8.56. The summed E-state index contributed by atoms with van der Waals surface area (Å²) < 4.78 is 0. The second-order valence-corrected chi connectivity index (χ2v) is 7.57. The zero-order valence-corrected chi connectivity index (χ0v) is 13.4. The first-order chi connectivity index (χ1) is 9.60. The number of hydrogen-bond donors (Lipinski definition) is 1. The predicted molar refractivity (Wildman–Crippen MR) is 82.7 cm³/mol. The number of hydrogen-bond acceptors (Lipinski definition) is 3. The molecule has 2 aliphatic rings. The Morgan fingerprint density at radius 2 is 2.20 bits per heavy atom. The number of rotatable bonds is 5. The fourth-order valence-electron chi connectivity index (χ4n) is 3.18. The van der Waals surface area contributed by atoms with Crippen molar-refractivity contribution in [1.29, 1.82) is 0 Å². The molecule has 0 bridgehead atoms. The third-order valence-corrected chi connectivity index (χ3v) is 5.53. The molecular formula is C16H24N2OS. The van der Waals surface area contributed by atoms with Gasteiger partial charge in [0.05, 0.1) is 6.04 Å². The van der Waals surface area contributed by atoms with E-state index in [-0.39, 0.29) is 18.1 Å². The van der Waals surface area contributed by atoms with E-state index in [1.165, 1.54) is 22.6 Å². The number of carbonyl (C=O) groups excluding carboxylic acids is 1. The minimum absolute atomic E-state index is 0.0101. The Morgan fingerprint density at radius 3 is 2.75 bits per heavy atom. The highest BCUT2D eigenvalue weighted by molar-refractivity contribution is 7.12. The monoisotopic (exact) mass is 292 g/mol. The molecule has 0 radical (unpaired) electrons. The molecule has 0 spiro atoms. The van der Waals surface area contributed by atoms with Gasteiger partial charge in [0.2, 0.25) is 5.91 Å². The molecule has 1 aromatic rings. The molecule has 3 rings (SSSR count). The maximum absolute atomic E-state index is 12.6. The molecule has 0 aromatic carbocycles. The average Bonchev–Trinajstić information content (AvgIpc) is 3.01. The normalized spacial score (nSPS) is 28.1. The molecule has 3 atom stereocenters. The van der Waals surface area contributed by atoms with Crippen LogP contribution in [-0.2, 0) is 4.79 Å². The Hall–Kier alpha value is -0.870. The van der Waals surface area contributed by atoms with Crippen molar-refractivity contribution >= 4 is 17.2 Å². The van der Waals surface area contributed by atoms with Crippen LogP contribution in [0.25, 0.3) is 0 Å². The van der Waals surface area contributed by atoms with Crippen molar-refractivity contribution in [1.82, 2.24) is 10.2 Å². The van der Waals surface area contributed by atoms with Crippen molar-refractivity contribution < 1.29 is 4.79 Å². The molecule has 3 unspecified atom stereocenters. The van der Waals surface area contributed by atoms with Crippen LogP contribution in [0.5, 0.6) is 0 Å². The highest BCUT2D eigenvalue weighted by atomic mass is 32.1. The number of thiophene rings is 1. The molecule has 110 valence electrons. The standard InChI is InChI=1S/C16H24N2OS/c1-4-13-16(19)18(10(2)9-12-6-7-12)15(17-13)14-8-5-11(3)20-14/h5,8,10,12-13,15,17H,4,6-7,9H2,1-3H3. The fourth-order valence-corrected chi connectivity index (χ4v) is 4.12. The maximum atomic E-state index is 12.6. The van der Waals surface area contributed by atoms with Gasteiger partial charge in [-0.15, -0.1) is 11.3 Å². The van der Waals surface area contributed by atoms with Crippen LogP contribution in [0, 0.1) is 12.8 Å². The van der Waals surface area contributed by atoms with Crippen molar-refractivity contribution in [2.75, 3.05) is 0 Å². The van der Waals surface area contributed by atoms with E-state index in [4.69, 9.17) is 0 Å². The molecule has 3 nitrogen and oxygen atoms in total. The summed E-state index contributed by atoms with van der Waals surface area (Å²) in [6.07, 6.45) is 4.80. The molecule has 4 heteroatoms. The zero-order chi connectivity index (χ0) is 14.3. The van der Waals surface area contributed by atoms with Gasteiger partial charge in [0.1, 0.15) is 6.17 Å². The third kappa shape index (κ3) is 2.63. The van der Waals surface area contributed by atoms with Crippen LogP contribution in [0.4, 0.5) is 0 Å². The molecule has 1 aliphatic carbocycles. The van der Waals surface area contributed by atoms with Crippen LogP contribution < -0.4 is 5.32 Å². The Labute approximate surface area is 125 Å². The van der Waals surface area contributed by atoms with Gasteiger partial charge in [-0.2, -0.15) is 0 Å². The van der Waals surface area contributed by atoms with Gasteiger partial charge in [0.15, 0.2) is 0 Å². The lowest BCUT2D eigenvalue weighted by Gasteiger charge is -2.30. The Bertz CT molecular complexity index is 494. The maximum Gasteiger partial charge on any atom is 0.241 e. The van der Waals surface area contributed by atoms with Crippen LogP contribution >= 0.6 is 11.3 Å². The van der Waals surface area contributed by atoms with Crippen molar-refractivity contribution in [2.24, 2.45) is 5.92 Å². The van der Waals surface area contributed by atoms with Gasteiger partial charge in [0, 0.05) is 15.8 Å². The van der Waals surface area contributed by atoms with Crippen LogP contribution in [0.15, 0.2) is 12.1 Å². The summed E-state index contributed by atoms with van der Waals surface area (Å²) in [4.78, 5) is 17.3. The average molecular weight is 292 g/mol. The Kier molecular flexibility index (Phi) is 3.87. The Morgan fingerprint density at radius 1 is 1.45 bits per heavy atom. The predicted octanol–water partition coefficient (Wildman–Crippen LogP) is 3.45. The van der Waals surface area contributed by atoms with E-state index < -0.39 is 0 Å². The van der Waals surface area contributed by atoms with Gasteiger partial charge in [-0.05, 0) is 44.7 Å². The van der Waals surface area contributed by atoms with Gasteiger partial charge in [-0.3, -0.25) is 10.1 Å². The number of nitrogens with one attached hydrogen (secondary N) is 1. The van der Waals surface area contributed by atoms with Crippen LogP contribution in [0.1, 0.15) is 55.5 Å². The van der Waals surface area contributed by atoms with Gasteiger partial charge in [0.25, 0.3) is 0 Å². The lowest BCUT2D eigenvalue weighted by atomic mass is 10.1. The van der Waals surface area contributed by atoms with E-state index in [1.807, 2.05) is 0 Å². The topological polar surface area (TPSA) is 32.3 Å². The SMILES string of the molecule is CCC1NC(c2ccc(C)s2)N(C(C)CC2CC2)C1=O.